The zero-order chi connectivity index (χ0) is 21.0. The minimum atomic E-state index is -0.122. The fourth-order valence-corrected chi connectivity index (χ4v) is 4.37. The molecule has 1 aromatic carbocycles. The number of hydrogen-bond donors (Lipinski definition) is 1. The maximum absolute atomic E-state index is 12.3. The highest BCUT2D eigenvalue weighted by Gasteiger charge is 2.13. The van der Waals surface area contributed by atoms with Gasteiger partial charge in [-0.25, -0.2) is 9.97 Å². The average molecular weight is 449 g/mol. The molecule has 1 N–H and O–H groups in total. The third-order valence-corrected chi connectivity index (χ3v) is 6.36. The van der Waals surface area contributed by atoms with Gasteiger partial charge in [-0.1, -0.05) is 41.2 Å². The summed E-state index contributed by atoms with van der Waals surface area (Å²) in [5.74, 6) is 1.50. The second-order valence-corrected chi connectivity index (χ2v) is 8.72. The van der Waals surface area contributed by atoms with Crippen molar-refractivity contribution in [3.8, 4) is 0 Å². The van der Waals surface area contributed by atoms with Crippen LogP contribution in [0.1, 0.15) is 22.8 Å². The van der Waals surface area contributed by atoms with Crippen LogP contribution >= 0.6 is 35.1 Å². The molecule has 10 heteroatoms. The summed E-state index contributed by atoms with van der Waals surface area (Å²) < 4.78 is 1.89. The van der Waals surface area contributed by atoms with Gasteiger partial charge in [0.1, 0.15) is 5.82 Å². The third-order valence-electron chi connectivity index (χ3n) is 4.09. The summed E-state index contributed by atoms with van der Waals surface area (Å²) in [6.07, 6.45) is 0. The molecule has 29 heavy (non-hydrogen) atoms. The molecule has 3 rings (SSSR count). The summed E-state index contributed by atoms with van der Waals surface area (Å²) in [6, 6.07) is 7.38. The summed E-state index contributed by atoms with van der Waals surface area (Å²) in [5.41, 5.74) is 3.44. The molecule has 152 valence electrons. The maximum atomic E-state index is 12.3. The maximum Gasteiger partial charge on any atom is 0.234 e. The Kier molecular flexibility index (Phi) is 7.15. The van der Waals surface area contributed by atoms with E-state index in [-0.39, 0.29) is 11.7 Å². The van der Waals surface area contributed by atoms with Crippen molar-refractivity contribution in [3.05, 3.63) is 52.1 Å². The predicted molar refractivity (Wildman–Crippen MR) is 118 cm³/mol. The fourth-order valence-electron chi connectivity index (χ4n) is 2.54. The van der Waals surface area contributed by atoms with E-state index in [9.17, 15) is 4.79 Å². The number of aromatic nitrogens is 5. The molecule has 0 saturated carbocycles. The van der Waals surface area contributed by atoms with Crippen LogP contribution in [0.2, 0.25) is 5.02 Å². The lowest BCUT2D eigenvalue weighted by Crippen LogP contribution is -2.15. The standard InChI is InChI=1S/C19H21ClN6OS2/c1-11-8-12(2)22-18(21-11)28-9-16-24-25-19(26(16)4)29-10-17(27)23-15-7-5-6-14(20)13(15)3/h5-8H,9-10H2,1-4H3,(H,23,27). The van der Waals surface area contributed by atoms with Gasteiger partial charge in [0.05, 0.1) is 11.5 Å². The Labute approximate surface area is 183 Å². The number of halogens is 1. The Morgan fingerprint density at radius 2 is 1.86 bits per heavy atom. The first kappa shape index (κ1) is 21.6. The van der Waals surface area contributed by atoms with Gasteiger partial charge in [0.2, 0.25) is 5.91 Å². The summed E-state index contributed by atoms with van der Waals surface area (Å²) in [5, 5.41) is 13.3. The van der Waals surface area contributed by atoms with Crippen LogP contribution in [-0.2, 0) is 17.6 Å². The number of amides is 1. The number of nitrogens with one attached hydrogen (secondary N) is 1. The van der Waals surface area contributed by atoms with Gasteiger partial charge in [0, 0.05) is 29.1 Å². The SMILES string of the molecule is Cc1cc(C)nc(SCc2nnc(SCC(=O)Nc3cccc(Cl)c3C)n2C)n1. The van der Waals surface area contributed by atoms with E-state index in [1.807, 2.05) is 50.6 Å². The number of aryl methyl sites for hydroxylation is 2. The molecular formula is C19H21ClN6OS2. The second kappa shape index (κ2) is 9.60. The fraction of sp³-hybridized carbons (Fsp3) is 0.316. The monoisotopic (exact) mass is 448 g/mol. The van der Waals surface area contributed by atoms with Gasteiger partial charge in [-0.05, 0) is 44.5 Å². The van der Waals surface area contributed by atoms with Crippen molar-refractivity contribution in [1.29, 1.82) is 0 Å². The first-order chi connectivity index (χ1) is 13.8. The van der Waals surface area contributed by atoms with Crippen LogP contribution in [0.15, 0.2) is 34.6 Å². The predicted octanol–water partition coefficient (Wildman–Crippen LogP) is 4.21. The minimum Gasteiger partial charge on any atom is -0.325 e. The molecule has 0 atom stereocenters. The molecule has 0 aliphatic rings. The summed E-state index contributed by atoms with van der Waals surface area (Å²) in [7, 11) is 1.89. The zero-order valence-corrected chi connectivity index (χ0v) is 19.0. The van der Waals surface area contributed by atoms with E-state index in [0.29, 0.717) is 21.6 Å². The van der Waals surface area contributed by atoms with Gasteiger partial charge < -0.3 is 9.88 Å². The number of nitrogens with zero attached hydrogens (tertiary/aromatic N) is 5. The Hall–Kier alpha value is -2.10. The Bertz CT molecular complexity index is 1020. The van der Waals surface area contributed by atoms with E-state index in [1.54, 1.807) is 6.07 Å². The molecule has 0 spiro atoms. The molecule has 0 fully saturated rings. The van der Waals surface area contributed by atoms with Crippen LogP contribution in [0.25, 0.3) is 0 Å². The van der Waals surface area contributed by atoms with Crippen molar-refractivity contribution in [2.75, 3.05) is 11.1 Å². The molecule has 0 unspecified atom stereocenters. The quantitative estimate of drug-likeness (QED) is 0.428. The second-order valence-electron chi connectivity index (χ2n) is 6.43. The zero-order valence-electron chi connectivity index (χ0n) is 16.6. The lowest BCUT2D eigenvalue weighted by atomic mass is 10.2. The van der Waals surface area contributed by atoms with E-state index < -0.39 is 0 Å². The molecule has 0 saturated heterocycles. The molecule has 2 heterocycles. The van der Waals surface area contributed by atoms with Crippen molar-refractivity contribution in [2.45, 2.75) is 36.8 Å². The topological polar surface area (TPSA) is 85.6 Å². The highest BCUT2D eigenvalue weighted by molar-refractivity contribution is 7.99. The summed E-state index contributed by atoms with van der Waals surface area (Å²) in [6.45, 7) is 5.77. The van der Waals surface area contributed by atoms with E-state index >= 15 is 0 Å². The lowest BCUT2D eigenvalue weighted by Gasteiger charge is -2.09. The Morgan fingerprint density at radius 1 is 1.14 bits per heavy atom. The number of benzene rings is 1. The number of carbonyl (C=O) groups is 1. The number of hydrogen-bond acceptors (Lipinski definition) is 7. The lowest BCUT2D eigenvalue weighted by molar-refractivity contribution is -0.113. The van der Waals surface area contributed by atoms with Gasteiger partial charge in [0.25, 0.3) is 0 Å². The third kappa shape index (κ3) is 5.71. The van der Waals surface area contributed by atoms with Crippen molar-refractivity contribution in [3.63, 3.8) is 0 Å². The van der Waals surface area contributed by atoms with Gasteiger partial charge in [-0.2, -0.15) is 0 Å². The van der Waals surface area contributed by atoms with E-state index in [4.69, 9.17) is 11.6 Å². The van der Waals surface area contributed by atoms with Crippen LogP contribution in [0, 0.1) is 20.8 Å². The van der Waals surface area contributed by atoms with E-state index in [2.05, 4.69) is 25.5 Å². The largest absolute Gasteiger partial charge is 0.325 e. The van der Waals surface area contributed by atoms with Gasteiger partial charge in [-0.15, -0.1) is 10.2 Å². The van der Waals surface area contributed by atoms with E-state index in [0.717, 1.165) is 27.9 Å². The number of rotatable bonds is 7. The number of thioether (sulfide) groups is 2. The van der Waals surface area contributed by atoms with Gasteiger partial charge >= 0.3 is 0 Å². The average Bonchev–Trinajstić information content (AvgIpc) is 3.01. The number of anilines is 1. The van der Waals surface area contributed by atoms with Crippen LogP contribution in [0.5, 0.6) is 0 Å². The highest BCUT2D eigenvalue weighted by atomic mass is 35.5. The van der Waals surface area contributed by atoms with E-state index in [1.165, 1.54) is 23.5 Å². The van der Waals surface area contributed by atoms with Crippen molar-refractivity contribution >= 4 is 46.7 Å². The van der Waals surface area contributed by atoms with Crippen molar-refractivity contribution < 1.29 is 4.79 Å². The van der Waals surface area contributed by atoms with Crippen LogP contribution in [-0.4, -0.2) is 36.4 Å². The molecular weight excluding hydrogens is 428 g/mol. The van der Waals surface area contributed by atoms with Crippen LogP contribution < -0.4 is 5.32 Å². The normalized spacial score (nSPS) is 10.9. The molecule has 2 aromatic heterocycles. The number of carbonyl (C=O) groups excluding carboxylic acids is 1. The molecule has 0 radical (unpaired) electrons. The van der Waals surface area contributed by atoms with Crippen LogP contribution in [0.4, 0.5) is 5.69 Å². The Balaban J connectivity index is 1.56. The molecule has 1 amide bonds. The summed E-state index contributed by atoms with van der Waals surface area (Å²) >= 11 is 8.94. The first-order valence-electron chi connectivity index (χ1n) is 8.84. The molecule has 3 aromatic rings. The van der Waals surface area contributed by atoms with Gasteiger partial charge in [-0.3, -0.25) is 4.79 Å². The molecule has 7 nitrogen and oxygen atoms in total. The van der Waals surface area contributed by atoms with Crippen LogP contribution in [0.3, 0.4) is 0 Å². The molecule has 0 bridgehead atoms. The first-order valence-corrected chi connectivity index (χ1v) is 11.2. The summed E-state index contributed by atoms with van der Waals surface area (Å²) in [4.78, 5) is 21.1. The van der Waals surface area contributed by atoms with Gasteiger partial charge in [0.15, 0.2) is 10.3 Å². The smallest absolute Gasteiger partial charge is 0.234 e. The molecule has 0 aliphatic carbocycles. The molecule has 0 aliphatic heterocycles. The minimum absolute atomic E-state index is 0.122. The Morgan fingerprint density at radius 3 is 2.59 bits per heavy atom. The highest BCUT2D eigenvalue weighted by Crippen LogP contribution is 2.24. The van der Waals surface area contributed by atoms with Crippen molar-refractivity contribution in [2.24, 2.45) is 7.05 Å². The van der Waals surface area contributed by atoms with Crippen molar-refractivity contribution in [1.82, 2.24) is 24.7 Å².